The van der Waals surface area contributed by atoms with Crippen molar-refractivity contribution in [3.05, 3.63) is 17.7 Å². The summed E-state index contributed by atoms with van der Waals surface area (Å²) in [4.78, 5) is 7.35. The van der Waals surface area contributed by atoms with Crippen LogP contribution in [0.4, 0.5) is 0 Å². The molecule has 0 amide bonds. The average molecular weight is 319 g/mol. The first-order valence-corrected chi connectivity index (χ1v) is 9.16. The van der Waals surface area contributed by atoms with Crippen LogP contribution in [0.3, 0.4) is 0 Å². The topological polar surface area (TPSA) is 39.5 Å². The van der Waals surface area contributed by atoms with E-state index in [1.165, 1.54) is 43.6 Å². The Bertz CT molecular complexity index is 520. The Kier molecular flexibility index (Phi) is 4.69. The van der Waals surface area contributed by atoms with Crippen LogP contribution in [0.25, 0.3) is 0 Å². The zero-order valence-corrected chi connectivity index (χ0v) is 14.2. The monoisotopic (exact) mass is 319 g/mol. The molecule has 5 heteroatoms. The van der Waals surface area contributed by atoms with E-state index in [4.69, 9.17) is 14.5 Å². The fourth-order valence-electron chi connectivity index (χ4n) is 4.19. The maximum atomic E-state index is 5.53. The van der Waals surface area contributed by atoms with Gasteiger partial charge in [0, 0.05) is 58.1 Å². The predicted octanol–water partition coefficient (Wildman–Crippen LogP) is 2.27. The van der Waals surface area contributed by atoms with E-state index in [1.54, 1.807) is 0 Å². The summed E-state index contributed by atoms with van der Waals surface area (Å²) in [5.74, 6) is 2.13. The highest BCUT2D eigenvalue weighted by atomic mass is 16.5. The van der Waals surface area contributed by atoms with Crippen LogP contribution in [-0.2, 0) is 22.6 Å². The third-order valence-corrected chi connectivity index (χ3v) is 5.57. The summed E-state index contributed by atoms with van der Waals surface area (Å²) in [6.45, 7) is 7.11. The zero-order chi connectivity index (χ0) is 15.6. The molecule has 3 heterocycles. The molecule has 4 rings (SSSR count). The van der Waals surface area contributed by atoms with Crippen molar-refractivity contribution in [1.29, 1.82) is 0 Å². The largest absolute Gasteiger partial charge is 0.384 e. The molecule has 1 saturated carbocycles. The molecule has 0 radical (unpaired) electrons. The number of hydrogen-bond acceptors (Lipinski definition) is 4. The van der Waals surface area contributed by atoms with Crippen molar-refractivity contribution in [3.8, 4) is 0 Å². The molecule has 0 unspecified atom stereocenters. The Labute approximate surface area is 139 Å². The van der Waals surface area contributed by atoms with E-state index in [-0.39, 0.29) is 0 Å². The van der Waals surface area contributed by atoms with Crippen LogP contribution >= 0.6 is 0 Å². The van der Waals surface area contributed by atoms with Crippen molar-refractivity contribution < 1.29 is 9.47 Å². The molecular weight excluding hydrogens is 290 g/mol. The molecule has 1 atom stereocenters. The minimum atomic E-state index is 0.463. The third-order valence-electron chi connectivity index (χ3n) is 5.57. The van der Waals surface area contributed by atoms with Crippen LogP contribution in [0.1, 0.15) is 43.0 Å². The van der Waals surface area contributed by atoms with Gasteiger partial charge < -0.3 is 14.0 Å². The number of rotatable bonds is 6. The van der Waals surface area contributed by atoms with Gasteiger partial charge >= 0.3 is 0 Å². The fraction of sp³-hybridized carbons (Fsp3) is 0.833. The second-order valence-corrected chi connectivity index (χ2v) is 7.57. The summed E-state index contributed by atoms with van der Waals surface area (Å²) in [5.41, 5.74) is 2.73. The van der Waals surface area contributed by atoms with Gasteiger partial charge in [0.25, 0.3) is 0 Å². The van der Waals surface area contributed by atoms with Crippen LogP contribution < -0.4 is 0 Å². The second-order valence-electron chi connectivity index (χ2n) is 7.57. The van der Waals surface area contributed by atoms with Gasteiger partial charge in [0.1, 0.15) is 0 Å². The van der Waals surface area contributed by atoms with E-state index >= 15 is 0 Å². The van der Waals surface area contributed by atoms with Gasteiger partial charge in [-0.05, 0) is 37.5 Å². The molecule has 2 fully saturated rings. The number of hydrogen-bond donors (Lipinski definition) is 0. The van der Waals surface area contributed by atoms with Gasteiger partial charge in [-0.15, -0.1) is 0 Å². The number of fused-ring (bicyclic) bond motifs is 1. The van der Waals surface area contributed by atoms with E-state index in [9.17, 15) is 0 Å². The Hall–Kier alpha value is -0.910. The van der Waals surface area contributed by atoms with Crippen LogP contribution in [0.15, 0.2) is 6.33 Å². The SMILES string of the molecule is COC[C@@H]1CN(CC2CCOCC2)Cc2ncn(CC3CC3)c21. The Balaban J connectivity index is 1.47. The molecule has 23 heavy (non-hydrogen) atoms. The summed E-state index contributed by atoms with van der Waals surface area (Å²) in [6, 6.07) is 0. The van der Waals surface area contributed by atoms with E-state index in [0.29, 0.717) is 5.92 Å². The van der Waals surface area contributed by atoms with E-state index in [0.717, 1.165) is 51.3 Å². The van der Waals surface area contributed by atoms with Crippen LogP contribution in [0.2, 0.25) is 0 Å². The Morgan fingerprint density at radius 2 is 1.96 bits per heavy atom. The van der Waals surface area contributed by atoms with Crippen molar-refractivity contribution >= 4 is 0 Å². The minimum Gasteiger partial charge on any atom is -0.384 e. The van der Waals surface area contributed by atoms with Crippen LogP contribution in [0, 0.1) is 11.8 Å². The Morgan fingerprint density at radius 1 is 1.17 bits per heavy atom. The van der Waals surface area contributed by atoms with Crippen molar-refractivity contribution in [2.24, 2.45) is 11.8 Å². The molecule has 2 aliphatic heterocycles. The highest BCUT2D eigenvalue weighted by molar-refractivity contribution is 5.22. The highest BCUT2D eigenvalue weighted by Gasteiger charge is 2.32. The second kappa shape index (κ2) is 6.91. The smallest absolute Gasteiger partial charge is 0.0952 e. The summed E-state index contributed by atoms with van der Waals surface area (Å²) in [5, 5.41) is 0. The molecule has 0 aromatic carbocycles. The average Bonchev–Trinajstić information content (AvgIpc) is 3.28. The lowest BCUT2D eigenvalue weighted by Gasteiger charge is -2.36. The third kappa shape index (κ3) is 3.62. The van der Waals surface area contributed by atoms with Crippen LogP contribution in [0.5, 0.6) is 0 Å². The first-order chi connectivity index (χ1) is 11.3. The lowest BCUT2D eigenvalue weighted by Crippen LogP contribution is -2.40. The van der Waals surface area contributed by atoms with E-state index < -0.39 is 0 Å². The van der Waals surface area contributed by atoms with Gasteiger partial charge in [0.2, 0.25) is 0 Å². The summed E-state index contributed by atoms with van der Waals surface area (Å²) < 4.78 is 13.4. The highest BCUT2D eigenvalue weighted by Crippen LogP contribution is 2.34. The first kappa shape index (κ1) is 15.6. The van der Waals surface area contributed by atoms with Gasteiger partial charge in [-0.3, -0.25) is 4.90 Å². The molecule has 1 aromatic heterocycles. The summed E-state index contributed by atoms with van der Waals surface area (Å²) in [7, 11) is 1.82. The number of imidazole rings is 1. The van der Waals surface area contributed by atoms with E-state index in [1.807, 2.05) is 7.11 Å². The molecule has 0 spiro atoms. The number of ether oxygens (including phenoxy) is 2. The van der Waals surface area contributed by atoms with Crippen LogP contribution in [-0.4, -0.2) is 54.5 Å². The van der Waals surface area contributed by atoms with Gasteiger partial charge in [0.15, 0.2) is 0 Å². The van der Waals surface area contributed by atoms with Crippen molar-refractivity contribution in [2.45, 2.75) is 44.7 Å². The maximum Gasteiger partial charge on any atom is 0.0952 e. The van der Waals surface area contributed by atoms with Gasteiger partial charge in [0.05, 0.1) is 18.6 Å². The summed E-state index contributed by atoms with van der Waals surface area (Å²) in [6.07, 6.45) is 7.25. The maximum absolute atomic E-state index is 5.53. The molecule has 1 saturated heterocycles. The first-order valence-electron chi connectivity index (χ1n) is 9.16. The number of methoxy groups -OCH3 is 1. The minimum absolute atomic E-state index is 0.463. The fourth-order valence-corrected chi connectivity index (χ4v) is 4.19. The van der Waals surface area contributed by atoms with Gasteiger partial charge in [-0.2, -0.15) is 0 Å². The molecule has 0 N–H and O–H groups in total. The van der Waals surface area contributed by atoms with Crippen molar-refractivity contribution in [3.63, 3.8) is 0 Å². The lowest BCUT2D eigenvalue weighted by molar-refractivity contribution is 0.0456. The van der Waals surface area contributed by atoms with Gasteiger partial charge in [-0.1, -0.05) is 0 Å². The standard InChI is InChI=1S/C18H29N3O2/c1-22-12-16-10-20(8-15-4-6-23-7-5-15)11-17-18(16)21(13-19-17)9-14-2-3-14/h13-16H,2-12H2,1H3/t16-/m0/s1. The molecule has 5 nitrogen and oxygen atoms in total. The van der Waals surface area contributed by atoms with Crippen molar-refractivity contribution in [2.75, 3.05) is 40.0 Å². The molecule has 128 valence electrons. The Morgan fingerprint density at radius 3 is 2.70 bits per heavy atom. The molecule has 0 bridgehead atoms. The number of aromatic nitrogens is 2. The van der Waals surface area contributed by atoms with Crippen molar-refractivity contribution in [1.82, 2.24) is 14.5 Å². The normalized spacial score (nSPS) is 26.4. The quantitative estimate of drug-likeness (QED) is 0.806. The molecular formula is C18H29N3O2. The predicted molar refractivity (Wildman–Crippen MR) is 88.4 cm³/mol. The van der Waals surface area contributed by atoms with E-state index in [2.05, 4.69) is 15.8 Å². The number of nitrogens with zero attached hydrogens (tertiary/aromatic N) is 3. The molecule has 1 aromatic rings. The van der Waals surface area contributed by atoms with Gasteiger partial charge in [-0.25, -0.2) is 4.98 Å². The molecule has 3 aliphatic rings. The summed E-state index contributed by atoms with van der Waals surface area (Å²) >= 11 is 0. The zero-order valence-electron chi connectivity index (χ0n) is 14.2. The molecule has 1 aliphatic carbocycles. The lowest BCUT2D eigenvalue weighted by atomic mass is 9.95.